The van der Waals surface area contributed by atoms with Crippen molar-refractivity contribution in [3.63, 3.8) is 0 Å². The molecule has 0 atom stereocenters. The Morgan fingerprint density at radius 2 is 2.18 bits per heavy atom. The lowest BCUT2D eigenvalue weighted by Gasteiger charge is -2.37. The highest BCUT2D eigenvalue weighted by Crippen LogP contribution is 2.33. The number of aromatic nitrogens is 1. The molecule has 1 aromatic rings. The number of hydrogen-bond acceptors (Lipinski definition) is 4. The number of pyridine rings is 1. The van der Waals surface area contributed by atoms with Gasteiger partial charge in [0.15, 0.2) is 0 Å². The maximum atomic E-state index is 11.9. The molecule has 1 aliphatic rings. The molecule has 0 spiro atoms. The van der Waals surface area contributed by atoms with Crippen LogP contribution in [0.15, 0.2) is 29.4 Å². The molecule has 0 amide bonds. The molecule has 2 N–H and O–H groups in total. The van der Waals surface area contributed by atoms with Crippen molar-refractivity contribution in [2.24, 2.45) is 0 Å². The molecule has 6 nitrogen and oxygen atoms in total. The zero-order chi connectivity index (χ0) is 12.5. The Balaban J connectivity index is 2.27. The Kier molecular flexibility index (Phi) is 2.88. The normalized spacial score (nSPS) is 18.4. The van der Waals surface area contributed by atoms with Gasteiger partial charge in [0.25, 0.3) is 0 Å². The van der Waals surface area contributed by atoms with E-state index in [0.29, 0.717) is 19.3 Å². The molecule has 1 heterocycles. The molecule has 0 aromatic carbocycles. The van der Waals surface area contributed by atoms with Crippen LogP contribution in [0.2, 0.25) is 0 Å². The molecule has 2 rings (SSSR count). The third kappa shape index (κ3) is 2.16. The number of rotatable bonds is 4. The van der Waals surface area contributed by atoms with Crippen molar-refractivity contribution in [2.75, 3.05) is 0 Å². The summed E-state index contributed by atoms with van der Waals surface area (Å²) in [5.74, 6) is -1.13. The van der Waals surface area contributed by atoms with Gasteiger partial charge in [-0.25, -0.2) is 8.42 Å². The largest absolute Gasteiger partial charge is 0.480 e. The second-order valence-electron chi connectivity index (χ2n) is 4.04. The molecular weight excluding hydrogens is 244 g/mol. The van der Waals surface area contributed by atoms with E-state index in [2.05, 4.69) is 9.71 Å². The van der Waals surface area contributed by atoms with Crippen LogP contribution < -0.4 is 4.72 Å². The summed E-state index contributed by atoms with van der Waals surface area (Å²) in [5, 5.41) is 9.05. The first kappa shape index (κ1) is 12.0. The topological polar surface area (TPSA) is 96.4 Å². The number of sulfonamides is 1. The van der Waals surface area contributed by atoms with Crippen LogP contribution in [0.1, 0.15) is 19.3 Å². The van der Waals surface area contributed by atoms with Gasteiger partial charge in [-0.3, -0.25) is 9.78 Å². The summed E-state index contributed by atoms with van der Waals surface area (Å²) in [6, 6.07) is 2.87. The molecule has 0 radical (unpaired) electrons. The van der Waals surface area contributed by atoms with Gasteiger partial charge in [0.1, 0.15) is 10.4 Å². The Morgan fingerprint density at radius 1 is 1.47 bits per heavy atom. The van der Waals surface area contributed by atoms with E-state index in [1.54, 1.807) is 0 Å². The molecule has 1 aromatic heterocycles. The van der Waals surface area contributed by atoms with Gasteiger partial charge in [0.05, 0.1) is 0 Å². The number of carboxylic acid groups (broad SMARTS) is 1. The third-order valence-electron chi connectivity index (χ3n) is 2.89. The van der Waals surface area contributed by atoms with Gasteiger partial charge in [-0.2, -0.15) is 4.72 Å². The maximum Gasteiger partial charge on any atom is 0.324 e. The van der Waals surface area contributed by atoms with Crippen LogP contribution in [0.3, 0.4) is 0 Å². The summed E-state index contributed by atoms with van der Waals surface area (Å²) in [6.07, 6.45) is 4.00. The molecule has 1 fully saturated rings. The van der Waals surface area contributed by atoms with E-state index in [1.807, 2.05) is 0 Å². The van der Waals surface area contributed by atoms with E-state index in [0.717, 1.165) is 0 Å². The van der Waals surface area contributed by atoms with Crippen molar-refractivity contribution in [2.45, 2.75) is 29.7 Å². The maximum absolute atomic E-state index is 11.9. The number of nitrogens with one attached hydrogen (secondary N) is 1. The van der Waals surface area contributed by atoms with Crippen molar-refractivity contribution >= 4 is 16.0 Å². The fraction of sp³-hybridized carbons (Fsp3) is 0.400. The highest BCUT2D eigenvalue weighted by molar-refractivity contribution is 7.89. The van der Waals surface area contributed by atoms with Crippen LogP contribution in [-0.2, 0) is 14.8 Å². The molecule has 0 aliphatic heterocycles. The smallest absolute Gasteiger partial charge is 0.324 e. The fourth-order valence-corrected chi connectivity index (χ4v) is 3.09. The lowest BCUT2D eigenvalue weighted by atomic mass is 9.78. The molecule has 1 saturated carbocycles. The summed E-state index contributed by atoms with van der Waals surface area (Å²) in [7, 11) is -3.82. The van der Waals surface area contributed by atoms with Gasteiger partial charge in [-0.15, -0.1) is 0 Å². The van der Waals surface area contributed by atoms with Gasteiger partial charge in [-0.1, -0.05) is 0 Å². The highest BCUT2D eigenvalue weighted by atomic mass is 32.2. The Hall–Kier alpha value is -1.47. The second kappa shape index (κ2) is 4.08. The first-order valence-electron chi connectivity index (χ1n) is 5.14. The van der Waals surface area contributed by atoms with E-state index in [1.165, 1.54) is 24.5 Å². The van der Waals surface area contributed by atoms with E-state index < -0.39 is 21.5 Å². The molecule has 1 aliphatic carbocycles. The van der Waals surface area contributed by atoms with Crippen molar-refractivity contribution in [1.82, 2.24) is 9.71 Å². The lowest BCUT2D eigenvalue weighted by molar-refractivity contribution is -0.147. The number of carbonyl (C=O) groups is 1. The second-order valence-corrected chi connectivity index (χ2v) is 5.72. The van der Waals surface area contributed by atoms with Crippen molar-refractivity contribution in [3.05, 3.63) is 24.5 Å². The zero-order valence-corrected chi connectivity index (χ0v) is 9.77. The van der Waals surface area contributed by atoms with Crippen LogP contribution in [0.4, 0.5) is 0 Å². The van der Waals surface area contributed by atoms with E-state index in [9.17, 15) is 13.2 Å². The summed E-state index contributed by atoms with van der Waals surface area (Å²) in [6.45, 7) is 0. The summed E-state index contributed by atoms with van der Waals surface area (Å²) in [5.41, 5.74) is -1.34. The monoisotopic (exact) mass is 256 g/mol. The van der Waals surface area contributed by atoms with E-state index in [-0.39, 0.29) is 4.90 Å². The first-order valence-corrected chi connectivity index (χ1v) is 6.62. The molecule has 92 valence electrons. The number of hydrogen-bond donors (Lipinski definition) is 2. The van der Waals surface area contributed by atoms with Crippen LogP contribution in [0.5, 0.6) is 0 Å². The standard InChI is InChI=1S/C10H12N2O4S/c13-9(14)10(4-2-5-10)12-17(15,16)8-3-1-6-11-7-8/h1,3,6-7,12H,2,4-5H2,(H,13,14). The first-order chi connectivity index (χ1) is 7.96. The predicted octanol–water partition coefficient (Wildman–Crippen LogP) is 0.367. The van der Waals surface area contributed by atoms with Crippen molar-refractivity contribution < 1.29 is 18.3 Å². The average Bonchev–Trinajstić information content (AvgIpc) is 2.24. The lowest BCUT2D eigenvalue weighted by Crippen LogP contribution is -2.58. The predicted molar refractivity (Wildman–Crippen MR) is 58.8 cm³/mol. The minimum Gasteiger partial charge on any atom is -0.480 e. The summed E-state index contributed by atoms with van der Waals surface area (Å²) >= 11 is 0. The minimum absolute atomic E-state index is 0.0208. The quantitative estimate of drug-likeness (QED) is 0.811. The van der Waals surface area contributed by atoms with Gasteiger partial charge < -0.3 is 5.11 Å². The Morgan fingerprint density at radius 3 is 2.59 bits per heavy atom. The van der Waals surface area contributed by atoms with Crippen LogP contribution >= 0.6 is 0 Å². The van der Waals surface area contributed by atoms with Gasteiger partial charge >= 0.3 is 5.97 Å². The van der Waals surface area contributed by atoms with Crippen LogP contribution in [0.25, 0.3) is 0 Å². The van der Waals surface area contributed by atoms with Crippen LogP contribution in [0, 0.1) is 0 Å². The summed E-state index contributed by atoms with van der Waals surface area (Å²) in [4.78, 5) is 14.8. The van der Waals surface area contributed by atoms with Gasteiger partial charge in [-0.05, 0) is 31.4 Å². The molecule has 7 heteroatoms. The van der Waals surface area contributed by atoms with E-state index in [4.69, 9.17) is 5.11 Å². The number of carboxylic acids is 1. The molecule has 0 bridgehead atoms. The van der Waals surface area contributed by atoms with Gasteiger partial charge in [0, 0.05) is 12.4 Å². The molecular formula is C10H12N2O4S. The highest BCUT2D eigenvalue weighted by Gasteiger charge is 2.47. The third-order valence-corrected chi connectivity index (χ3v) is 4.41. The summed E-state index contributed by atoms with van der Waals surface area (Å²) < 4.78 is 26.1. The molecule has 0 saturated heterocycles. The molecule has 17 heavy (non-hydrogen) atoms. The fourth-order valence-electron chi connectivity index (χ4n) is 1.71. The SMILES string of the molecule is O=C(O)C1(NS(=O)(=O)c2cccnc2)CCC1. The van der Waals surface area contributed by atoms with Gasteiger partial charge in [0.2, 0.25) is 10.0 Å². The number of aliphatic carboxylic acids is 1. The zero-order valence-electron chi connectivity index (χ0n) is 8.96. The van der Waals surface area contributed by atoms with Crippen molar-refractivity contribution in [1.29, 1.82) is 0 Å². The molecule has 0 unspecified atom stereocenters. The van der Waals surface area contributed by atoms with E-state index >= 15 is 0 Å². The van der Waals surface area contributed by atoms with Crippen LogP contribution in [-0.4, -0.2) is 30.0 Å². The number of nitrogens with zero attached hydrogens (tertiary/aromatic N) is 1. The Labute approximate surface area is 98.7 Å². The average molecular weight is 256 g/mol. The van der Waals surface area contributed by atoms with Crippen molar-refractivity contribution in [3.8, 4) is 0 Å². The Bertz CT molecular complexity index is 522. The minimum atomic E-state index is -3.82.